The summed E-state index contributed by atoms with van der Waals surface area (Å²) in [7, 11) is 0. The average Bonchev–Trinajstić information content (AvgIpc) is 3.39. The maximum atomic E-state index is 13.6. The van der Waals surface area contributed by atoms with Crippen molar-refractivity contribution in [1.29, 1.82) is 0 Å². The Morgan fingerprint density at radius 2 is 1.92 bits per heavy atom. The minimum Gasteiger partial charge on any atom is -0.464 e. The number of amides is 3. The lowest BCUT2D eigenvalue weighted by atomic mass is 10.1. The summed E-state index contributed by atoms with van der Waals surface area (Å²) >= 11 is 0. The largest absolute Gasteiger partial charge is 0.464 e. The van der Waals surface area contributed by atoms with Gasteiger partial charge in [0, 0.05) is 38.5 Å². The number of carbonyl (C=O) groups is 4. The molecule has 0 aromatic heterocycles. The van der Waals surface area contributed by atoms with Gasteiger partial charge in [0.2, 0.25) is 11.8 Å². The molecule has 11 heteroatoms. The van der Waals surface area contributed by atoms with Crippen LogP contribution in [0.25, 0.3) is 0 Å². The summed E-state index contributed by atoms with van der Waals surface area (Å²) < 4.78 is 16.0. The molecule has 37 heavy (non-hydrogen) atoms. The molecule has 1 aliphatic carbocycles. The summed E-state index contributed by atoms with van der Waals surface area (Å²) in [6, 6.07) is -2.09. The van der Waals surface area contributed by atoms with Gasteiger partial charge in [0.25, 0.3) is 0 Å². The Balaban J connectivity index is 2.17. The molecule has 1 saturated heterocycles. The van der Waals surface area contributed by atoms with Gasteiger partial charge in [0.05, 0.1) is 12.7 Å². The first-order valence-electron chi connectivity index (χ1n) is 12.7. The first kappa shape index (κ1) is 30.3. The fourth-order valence-electron chi connectivity index (χ4n) is 4.25. The molecule has 0 radical (unpaired) electrons. The Labute approximate surface area is 218 Å². The van der Waals surface area contributed by atoms with Crippen LogP contribution in [0.1, 0.15) is 53.4 Å². The van der Waals surface area contributed by atoms with E-state index in [0.717, 1.165) is 0 Å². The number of esters is 1. The van der Waals surface area contributed by atoms with Gasteiger partial charge in [-0.15, -0.1) is 13.2 Å². The molecular formula is C26H41N3O8. The summed E-state index contributed by atoms with van der Waals surface area (Å²) in [5, 5.41) is 15.7. The lowest BCUT2D eigenvalue weighted by molar-refractivity contribution is -0.150. The van der Waals surface area contributed by atoms with Crippen molar-refractivity contribution in [2.45, 2.75) is 82.7 Å². The normalized spacial score (nSPS) is 25.5. The molecule has 1 unspecified atom stereocenters. The first-order valence-corrected chi connectivity index (χ1v) is 12.7. The van der Waals surface area contributed by atoms with E-state index in [-0.39, 0.29) is 38.5 Å². The van der Waals surface area contributed by atoms with Crippen LogP contribution in [-0.4, -0.2) is 89.6 Å². The van der Waals surface area contributed by atoms with Crippen LogP contribution in [0.15, 0.2) is 25.3 Å². The van der Waals surface area contributed by atoms with E-state index in [1.165, 1.54) is 4.90 Å². The van der Waals surface area contributed by atoms with Crippen LogP contribution >= 0.6 is 0 Å². The number of β-amino-alcohol motifs (C(OH)–C–C–N with tert-alkyl or cyclic N) is 1. The second-order valence-electron chi connectivity index (χ2n) is 10.3. The maximum Gasteiger partial charge on any atom is 0.408 e. The lowest BCUT2D eigenvalue weighted by Crippen LogP contribution is -2.57. The van der Waals surface area contributed by atoms with E-state index in [2.05, 4.69) is 23.8 Å². The topological polar surface area (TPSA) is 143 Å². The standard InChI is InChI=1S/C26H41N3O8/c1-7-10-12-35-13-11-19(27-24(34)37-25(4,5)6)22(32)29-16-18(30)14-20(29)21(31)28-26(15-17(26)8-2)23(33)36-9-3/h7-8,17-20,30H,1-2,9-16H2,3-6H3,(H,27,34)(H,28,31)/t17?,18-,19+,20+,26-/m1/s1. The molecule has 2 rings (SSSR count). The van der Waals surface area contributed by atoms with Crippen molar-refractivity contribution >= 4 is 23.9 Å². The second-order valence-corrected chi connectivity index (χ2v) is 10.3. The van der Waals surface area contributed by atoms with Gasteiger partial charge in [0.1, 0.15) is 23.2 Å². The van der Waals surface area contributed by atoms with E-state index in [1.807, 2.05) is 0 Å². The van der Waals surface area contributed by atoms with Crippen LogP contribution in [0, 0.1) is 5.92 Å². The number of likely N-dealkylation sites (tertiary alicyclic amines) is 1. The highest BCUT2D eigenvalue weighted by Crippen LogP contribution is 2.45. The molecule has 1 aliphatic heterocycles. The number of aliphatic hydroxyl groups excluding tert-OH is 1. The third-order valence-corrected chi connectivity index (χ3v) is 6.16. The summed E-state index contributed by atoms with van der Waals surface area (Å²) in [6.45, 7) is 14.7. The predicted molar refractivity (Wildman–Crippen MR) is 135 cm³/mol. The quantitative estimate of drug-likeness (QED) is 0.187. The molecule has 5 atom stereocenters. The Morgan fingerprint density at radius 3 is 2.49 bits per heavy atom. The highest BCUT2D eigenvalue weighted by Gasteiger charge is 2.62. The number of ether oxygens (including phenoxy) is 3. The van der Waals surface area contributed by atoms with Gasteiger partial charge in [-0.05, 0) is 40.5 Å². The van der Waals surface area contributed by atoms with Crippen LogP contribution in [0.4, 0.5) is 4.79 Å². The van der Waals surface area contributed by atoms with Gasteiger partial charge >= 0.3 is 12.1 Å². The monoisotopic (exact) mass is 523 g/mol. The van der Waals surface area contributed by atoms with E-state index >= 15 is 0 Å². The molecule has 0 aromatic carbocycles. The highest BCUT2D eigenvalue weighted by atomic mass is 16.6. The summed E-state index contributed by atoms with van der Waals surface area (Å²) in [4.78, 5) is 53.1. The van der Waals surface area contributed by atoms with Crippen molar-refractivity contribution in [3.63, 3.8) is 0 Å². The lowest BCUT2D eigenvalue weighted by Gasteiger charge is -2.30. The van der Waals surface area contributed by atoms with Gasteiger partial charge in [-0.2, -0.15) is 0 Å². The SMILES string of the molecule is C=CCCOCC[C@H](NC(=O)OC(C)(C)C)C(=O)N1C[C@H](O)C[C@H]1C(=O)N[C@]1(C(=O)OCC)CC1C=C. The molecule has 3 N–H and O–H groups in total. The number of hydrogen-bond donors (Lipinski definition) is 3. The number of nitrogens with one attached hydrogen (secondary N) is 2. The molecule has 2 aliphatic rings. The summed E-state index contributed by atoms with van der Waals surface area (Å²) in [6.07, 6.45) is 2.64. The zero-order valence-electron chi connectivity index (χ0n) is 22.3. The predicted octanol–water partition coefficient (Wildman–Crippen LogP) is 1.45. The molecule has 0 spiro atoms. The van der Waals surface area contributed by atoms with Crippen molar-refractivity contribution in [3.8, 4) is 0 Å². The van der Waals surface area contributed by atoms with Gasteiger partial charge in [0.15, 0.2) is 0 Å². The molecule has 2 fully saturated rings. The molecular weight excluding hydrogens is 482 g/mol. The van der Waals surface area contributed by atoms with Crippen molar-refractivity contribution in [3.05, 3.63) is 25.3 Å². The van der Waals surface area contributed by atoms with Gasteiger partial charge in [-0.1, -0.05) is 12.2 Å². The van der Waals surface area contributed by atoms with E-state index in [1.54, 1.807) is 39.8 Å². The minimum atomic E-state index is -1.23. The fraction of sp³-hybridized carbons (Fsp3) is 0.692. The fourth-order valence-corrected chi connectivity index (χ4v) is 4.25. The van der Waals surface area contributed by atoms with Crippen molar-refractivity contribution in [2.75, 3.05) is 26.4 Å². The summed E-state index contributed by atoms with van der Waals surface area (Å²) in [5.74, 6) is -2.00. The van der Waals surface area contributed by atoms with E-state index in [0.29, 0.717) is 19.4 Å². The van der Waals surface area contributed by atoms with E-state index in [4.69, 9.17) is 14.2 Å². The Bertz CT molecular complexity index is 870. The van der Waals surface area contributed by atoms with Crippen molar-refractivity contribution in [1.82, 2.24) is 15.5 Å². The zero-order chi connectivity index (χ0) is 27.8. The van der Waals surface area contributed by atoms with Crippen LogP contribution in [0.2, 0.25) is 0 Å². The van der Waals surface area contributed by atoms with E-state index in [9.17, 15) is 24.3 Å². The number of nitrogens with zero attached hydrogens (tertiary/aromatic N) is 1. The third-order valence-electron chi connectivity index (χ3n) is 6.16. The second kappa shape index (κ2) is 13.0. The van der Waals surface area contributed by atoms with Crippen LogP contribution in [0.5, 0.6) is 0 Å². The molecule has 0 bridgehead atoms. The van der Waals surface area contributed by atoms with Crippen LogP contribution in [0.3, 0.4) is 0 Å². The van der Waals surface area contributed by atoms with E-state index < -0.39 is 53.2 Å². The number of aliphatic hydroxyl groups is 1. The first-order chi connectivity index (χ1) is 17.4. The third kappa shape index (κ3) is 8.29. The van der Waals surface area contributed by atoms with Crippen LogP contribution in [-0.2, 0) is 28.6 Å². The van der Waals surface area contributed by atoms with Gasteiger partial charge < -0.3 is 34.9 Å². The maximum absolute atomic E-state index is 13.6. The van der Waals surface area contributed by atoms with Crippen LogP contribution < -0.4 is 10.6 Å². The Hall–Kier alpha value is -2.92. The number of alkyl carbamates (subject to hydrolysis) is 1. The van der Waals surface area contributed by atoms with Crippen molar-refractivity contribution in [2.24, 2.45) is 5.92 Å². The molecule has 0 aromatic rings. The number of rotatable bonds is 13. The average molecular weight is 524 g/mol. The smallest absolute Gasteiger partial charge is 0.408 e. The Morgan fingerprint density at radius 1 is 1.22 bits per heavy atom. The zero-order valence-corrected chi connectivity index (χ0v) is 22.3. The minimum absolute atomic E-state index is 0.00970. The Kier molecular flexibility index (Phi) is 10.7. The number of carbonyl (C=O) groups excluding carboxylic acids is 4. The van der Waals surface area contributed by atoms with Gasteiger partial charge in [-0.3, -0.25) is 9.59 Å². The molecule has 1 heterocycles. The molecule has 11 nitrogen and oxygen atoms in total. The molecule has 1 saturated carbocycles. The number of hydrogen-bond acceptors (Lipinski definition) is 8. The molecule has 208 valence electrons. The summed E-state index contributed by atoms with van der Waals surface area (Å²) in [5.41, 5.74) is -2.01. The molecule has 3 amide bonds. The van der Waals surface area contributed by atoms with Gasteiger partial charge in [-0.25, -0.2) is 9.59 Å². The highest BCUT2D eigenvalue weighted by molar-refractivity contribution is 5.96. The van der Waals surface area contributed by atoms with Crippen molar-refractivity contribution < 1.29 is 38.5 Å².